The van der Waals surface area contributed by atoms with E-state index in [0.717, 1.165) is 85.3 Å². The van der Waals surface area contributed by atoms with Crippen LogP contribution in [0.2, 0.25) is 0 Å². The third kappa shape index (κ3) is 11.5. The average molecular weight is 1860 g/mol. The molecule has 16 heteroatoms. The Bertz CT molecular complexity index is 7040. The SMILES string of the molecule is [Ir].[Ir].[c-]1cccc2c1-c1nc3ccccc3n1B1c3ccccc3-c3ccccc3N12.[c-]1cccc2c1-c1nc3ccccc3n1B1c3ccccc3-c3ccccc3N12.[c-]1ccccc1-c1cc2ccccc2cn1.[c-]1ccccc1-c1ccccn1.c1ccc2c(c1)B1N(c3ccccc3-2)c2cccc3c2-c2n(c4ccccc4[n+]21)C3. The molecule has 5 aromatic heterocycles. The van der Waals surface area contributed by atoms with E-state index in [1.165, 1.54) is 111 Å². The van der Waals surface area contributed by atoms with Crippen LogP contribution in [0.5, 0.6) is 0 Å². The third-order valence-corrected chi connectivity index (χ3v) is 23.5. The van der Waals surface area contributed by atoms with E-state index in [4.69, 9.17) is 9.97 Å². The van der Waals surface area contributed by atoms with Gasteiger partial charge in [0.05, 0.1) is 16.6 Å². The van der Waals surface area contributed by atoms with Crippen molar-refractivity contribution in [2.75, 3.05) is 14.4 Å². The first-order chi connectivity index (χ1) is 57.6. The summed E-state index contributed by atoms with van der Waals surface area (Å²) in [6.07, 6.45) is 3.70. The summed E-state index contributed by atoms with van der Waals surface area (Å²) in [4.78, 5) is 26.2. The van der Waals surface area contributed by atoms with Crippen molar-refractivity contribution in [1.29, 1.82) is 0 Å². The molecule has 118 heavy (non-hydrogen) atoms. The van der Waals surface area contributed by atoms with Gasteiger partial charge < -0.3 is 33.4 Å². The summed E-state index contributed by atoms with van der Waals surface area (Å²) >= 11 is 0. The maximum atomic E-state index is 5.02. The van der Waals surface area contributed by atoms with E-state index in [0.29, 0.717) is 0 Å². The van der Waals surface area contributed by atoms with Crippen LogP contribution in [0, 0.1) is 24.3 Å². The van der Waals surface area contributed by atoms with Gasteiger partial charge in [0.15, 0.2) is 11.0 Å². The molecule has 0 fully saturated rings. The van der Waals surface area contributed by atoms with Gasteiger partial charge in [0.1, 0.15) is 6.54 Å². The fraction of sp³-hybridized carbons (Fsp3) is 0.00980. The molecule has 0 spiro atoms. The zero-order chi connectivity index (χ0) is 76.3. The molecule has 7 aliphatic heterocycles. The summed E-state index contributed by atoms with van der Waals surface area (Å²) in [7, 11) is 0. The second-order valence-corrected chi connectivity index (χ2v) is 29.8. The van der Waals surface area contributed by atoms with Crippen molar-refractivity contribution in [3.8, 4) is 90.1 Å². The van der Waals surface area contributed by atoms with Gasteiger partial charge in [0.25, 0.3) is 5.82 Å². The Kier molecular flexibility index (Phi) is 18.1. The predicted molar refractivity (Wildman–Crippen MR) is 474 cm³/mol. The molecule has 11 nitrogen and oxygen atoms in total. The predicted octanol–water partition coefficient (Wildman–Crippen LogP) is 20.3. The number of anilines is 6. The molecule has 0 unspecified atom stereocenters. The molecule has 0 bridgehead atoms. The molecule has 7 aliphatic rings. The Balaban J connectivity index is 0.0000000945. The zero-order valence-electron chi connectivity index (χ0n) is 63.4. The Hall–Kier alpha value is -13.8. The number of para-hydroxylation sites is 9. The van der Waals surface area contributed by atoms with Crippen LogP contribution in [0.4, 0.5) is 34.1 Å². The van der Waals surface area contributed by atoms with E-state index in [1.54, 1.807) is 6.20 Å². The number of nitrogens with zero attached hydrogens (tertiary/aromatic N) is 11. The molecule has 558 valence electrons. The van der Waals surface area contributed by atoms with Gasteiger partial charge in [0.2, 0.25) is 0 Å². The van der Waals surface area contributed by atoms with Gasteiger partial charge in [-0.1, -0.05) is 241 Å². The number of rotatable bonds is 2. The van der Waals surface area contributed by atoms with Crippen molar-refractivity contribution in [2.24, 2.45) is 0 Å². The summed E-state index contributed by atoms with van der Waals surface area (Å²) in [6, 6.07) is 143. The standard InChI is InChI=1S/C26H17BN3.2C25H15BN3.C15H10N.C11H8N.2Ir/c1-3-11-20-18(9-1)19-10-2-4-12-21(19)29-24-15-7-8-17-16-28-22-13-5-6-14-23(22)30(27(20)29)26(28)25(17)24;2*1-4-12-20-17(9-1)18-10-2-6-14-22(18)28-23-15-7-3-11-19(23)25-27-21-13-5-8-16-24(21)29(25)26(20)28;1-2-6-12(7-3-1)15-10-13-8-4-5-9-14(13)11-16-15;1-2-6-10(7-3-1)11-8-4-5-9-12-11;;/h1-15H,16H2;2*1-10,12-16H;1-6,8-11H;1-6,8-9H;;/q+1;4*-1;;. The van der Waals surface area contributed by atoms with Crippen LogP contribution in [-0.4, -0.2) is 54.4 Å². The molecule has 15 aromatic carbocycles. The Morgan fingerprint density at radius 2 is 0.780 bits per heavy atom. The van der Waals surface area contributed by atoms with Crippen molar-refractivity contribution in [3.05, 3.63) is 412 Å². The quantitative estimate of drug-likeness (QED) is 0.126. The second kappa shape index (κ2) is 29.8. The molecule has 0 amide bonds. The second-order valence-electron chi connectivity index (χ2n) is 29.8. The van der Waals surface area contributed by atoms with Gasteiger partial charge in [-0.05, 0) is 117 Å². The summed E-state index contributed by atoms with van der Waals surface area (Å²) in [5, 5.41) is 2.38. The molecule has 27 rings (SSSR count). The van der Waals surface area contributed by atoms with Crippen molar-refractivity contribution in [3.63, 3.8) is 0 Å². The van der Waals surface area contributed by atoms with Gasteiger partial charge in [-0.2, -0.15) is 0 Å². The van der Waals surface area contributed by atoms with Gasteiger partial charge in [0, 0.05) is 126 Å². The Morgan fingerprint density at radius 3 is 1.35 bits per heavy atom. The van der Waals surface area contributed by atoms with E-state index in [2.05, 4.69) is 346 Å². The van der Waals surface area contributed by atoms with Gasteiger partial charge in [-0.25, -0.2) is 4.57 Å². The summed E-state index contributed by atoms with van der Waals surface area (Å²) in [5.41, 5.74) is 34.9. The van der Waals surface area contributed by atoms with Crippen molar-refractivity contribution in [2.45, 2.75) is 6.54 Å². The summed E-state index contributed by atoms with van der Waals surface area (Å²) < 4.78 is 9.83. The first-order valence-corrected chi connectivity index (χ1v) is 39.4. The molecule has 20 aromatic rings. The monoisotopic (exact) mass is 1860 g/mol. The minimum Gasteiger partial charge on any atom is -0.403 e. The largest absolute Gasteiger partial charge is 0.543 e. The average Bonchev–Trinajstić information content (AvgIpc) is 1.49. The van der Waals surface area contributed by atoms with Crippen LogP contribution in [-0.2, 0) is 46.8 Å². The molecule has 0 N–H and O–H groups in total. The van der Waals surface area contributed by atoms with Crippen LogP contribution < -0.4 is 35.3 Å². The van der Waals surface area contributed by atoms with Crippen LogP contribution in [0.3, 0.4) is 0 Å². The van der Waals surface area contributed by atoms with Crippen molar-refractivity contribution < 1.29 is 44.7 Å². The fourth-order valence-electron chi connectivity index (χ4n) is 18.7. The smallest absolute Gasteiger partial charge is 0.403 e. The Labute approximate surface area is 711 Å². The fourth-order valence-corrected chi connectivity index (χ4v) is 18.7. The maximum Gasteiger partial charge on any atom is 0.543 e. The molecule has 0 aliphatic carbocycles. The zero-order valence-corrected chi connectivity index (χ0v) is 68.2. The molecular weight excluding hydrogens is 1800 g/mol. The molecule has 0 saturated carbocycles. The number of hydrogen-bond donors (Lipinski definition) is 0. The normalized spacial score (nSPS) is 12.6. The van der Waals surface area contributed by atoms with E-state index in [9.17, 15) is 0 Å². The van der Waals surface area contributed by atoms with Crippen LogP contribution >= 0.6 is 0 Å². The first-order valence-electron chi connectivity index (χ1n) is 39.4. The van der Waals surface area contributed by atoms with E-state index in [1.807, 2.05) is 97.2 Å². The number of imidazole rings is 3. The minimum absolute atomic E-state index is 0. The molecule has 0 saturated heterocycles. The van der Waals surface area contributed by atoms with Gasteiger partial charge >= 0.3 is 20.9 Å². The number of hydrogen-bond acceptors (Lipinski definition) is 7. The molecule has 2 radical (unpaired) electrons. The topological polar surface area (TPSA) is 79.9 Å². The molecular formula is C102H65B3Ir2N11-3. The van der Waals surface area contributed by atoms with Crippen LogP contribution in [0.25, 0.3) is 134 Å². The summed E-state index contributed by atoms with van der Waals surface area (Å²) in [6.45, 7) is 1.09. The maximum absolute atomic E-state index is 5.02. The third-order valence-electron chi connectivity index (χ3n) is 23.5. The molecule has 12 heterocycles. The van der Waals surface area contributed by atoms with Crippen LogP contribution in [0.1, 0.15) is 5.56 Å². The van der Waals surface area contributed by atoms with Crippen molar-refractivity contribution in [1.82, 2.24) is 33.5 Å². The Morgan fingerprint density at radius 1 is 0.331 bits per heavy atom. The van der Waals surface area contributed by atoms with E-state index < -0.39 is 0 Å². The summed E-state index contributed by atoms with van der Waals surface area (Å²) in [5.74, 6) is 3.31. The minimum atomic E-state index is 0. The number of benzene rings is 15. The van der Waals surface area contributed by atoms with Gasteiger partial charge in [-0.3, -0.25) is 14.4 Å². The van der Waals surface area contributed by atoms with Crippen LogP contribution in [0.15, 0.2) is 382 Å². The first kappa shape index (κ1) is 71.9. The van der Waals surface area contributed by atoms with Crippen molar-refractivity contribution >= 4 is 115 Å². The molecule has 0 atom stereocenters. The van der Waals surface area contributed by atoms with E-state index >= 15 is 0 Å². The number of pyridine rings is 2. The van der Waals surface area contributed by atoms with E-state index in [-0.39, 0.29) is 61.2 Å². The van der Waals surface area contributed by atoms with Gasteiger partial charge in [-0.15, -0.1) is 120 Å². The number of fused-ring (bicyclic) bond motifs is 38. The number of aromatic nitrogens is 8.